The van der Waals surface area contributed by atoms with E-state index in [0.29, 0.717) is 35.6 Å². The van der Waals surface area contributed by atoms with E-state index in [1.807, 2.05) is 6.92 Å². The van der Waals surface area contributed by atoms with E-state index in [1.165, 1.54) is 18.2 Å². The lowest BCUT2D eigenvalue weighted by Gasteiger charge is -2.23. The van der Waals surface area contributed by atoms with Gasteiger partial charge < -0.3 is 10.5 Å². The van der Waals surface area contributed by atoms with E-state index in [1.54, 1.807) is 24.4 Å². The number of ether oxygens (including phenoxy) is 1. The Bertz CT molecular complexity index is 1090. The molecule has 0 fully saturated rings. The molecule has 1 aromatic carbocycles. The van der Waals surface area contributed by atoms with E-state index >= 15 is 0 Å². The van der Waals surface area contributed by atoms with Crippen molar-refractivity contribution in [3.05, 3.63) is 58.7 Å². The van der Waals surface area contributed by atoms with Gasteiger partial charge in [0, 0.05) is 18.2 Å². The predicted octanol–water partition coefficient (Wildman–Crippen LogP) is 4.68. The first-order valence-electron chi connectivity index (χ1n) is 10.4. The molecule has 166 valence electrons. The Morgan fingerprint density at radius 3 is 2.52 bits per heavy atom. The van der Waals surface area contributed by atoms with Gasteiger partial charge >= 0.3 is 0 Å². The van der Waals surface area contributed by atoms with Crippen molar-refractivity contribution in [3.63, 3.8) is 0 Å². The van der Waals surface area contributed by atoms with Gasteiger partial charge in [-0.05, 0) is 45.7 Å². The summed E-state index contributed by atoms with van der Waals surface area (Å²) in [5.41, 5.74) is 7.56. The molecule has 0 spiro atoms. The lowest BCUT2D eigenvalue weighted by atomic mass is 9.90. The zero-order valence-electron chi connectivity index (χ0n) is 18.3. The number of benzene rings is 1. The number of nitrogens with zero attached hydrogens (tertiary/aromatic N) is 3. The van der Waals surface area contributed by atoms with Crippen LogP contribution in [0.4, 0.5) is 8.78 Å². The normalized spacial score (nSPS) is 13.4. The number of nitrogens with two attached hydrogens (primary N) is 1. The topological polar surface area (TPSA) is 82.5 Å². The second kappa shape index (κ2) is 9.09. The quantitative estimate of drug-likeness (QED) is 0.498. The molecule has 0 saturated carbocycles. The summed E-state index contributed by atoms with van der Waals surface area (Å²) in [6.07, 6.45) is 4.34. The summed E-state index contributed by atoms with van der Waals surface area (Å²) in [5, 5.41) is 0. The maximum atomic E-state index is 13.9. The number of aryl methyl sites for hydroxylation is 2. The summed E-state index contributed by atoms with van der Waals surface area (Å²) in [7, 11) is 0. The van der Waals surface area contributed by atoms with Gasteiger partial charge in [0.05, 0.1) is 17.0 Å². The third-order valence-corrected chi connectivity index (χ3v) is 5.29. The summed E-state index contributed by atoms with van der Waals surface area (Å²) < 4.78 is 35.2. The minimum absolute atomic E-state index is 0.0746. The summed E-state index contributed by atoms with van der Waals surface area (Å²) in [5.74, 6) is -1.36. The maximum Gasteiger partial charge on any atom is 0.258 e. The first kappa shape index (κ1) is 22.8. The molecule has 1 unspecified atom stereocenters. The minimum atomic E-state index is -0.698. The van der Waals surface area contributed by atoms with Gasteiger partial charge in [-0.25, -0.2) is 18.7 Å². The van der Waals surface area contributed by atoms with Crippen molar-refractivity contribution in [2.24, 2.45) is 5.73 Å². The summed E-state index contributed by atoms with van der Waals surface area (Å²) >= 11 is 0. The third-order valence-electron chi connectivity index (χ3n) is 5.29. The van der Waals surface area contributed by atoms with E-state index in [0.717, 1.165) is 12.8 Å². The lowest BCUT2D eigenvalue weighted by molar-refractivity contribution is 0.0964. The van der Waals surface area contributed by atoms with Gasteiger partial charge in [-0.1, -0.05) is 19.4 Å². The van der Waals surface area contributed by atoms with Crippen molar-refractivity contribution in [1.82, 2.24) is 14.4 Å². The Hall–Kier alpha value is -2.87. The van der Waals surface area contributed by atoms with Crippen LogP contribution in [-0.4, -0.2) is 25.7 Å². The van der Waals surface area contributed by atoms with E-state index in [2.05, 4.69) is 16.9 Å². The monoisotopic (exact) mass is 430 g/mol. The fourth-order valence-corrected chi connectivity index (χ4v) is 3.71. The minimum Gasteiger partial charge on any atom is -0.470 e. The van der Waals surface area contributed by atoms with Crippen LogP contribution in [0, 0.1) is 25.5 Å². The Morgan fingerprint density at radius 1 is 1.19 bits per heavy atom. The van der Waals surface area contributed by atoms with E-state index in [4.69, 9.17) is 10.5 Å². The molecule has 2 aromatic heterocycles. The molecule has 2 N–H and O–H groups in total. The molecule has 0 amide bonds. The van der Waals surface area contributed by atoms with Crippen LogP contribution in [0.25, 0.3) is 5.65 Å². The molecule has 0 bridgehead atoms. The SMILES string of the molecule is CCCC(C)(N)CCC(=O)c1c(C)nc2c(OCc3c(F)cccc3F)nc(C)cn12. The second-order valence-electron chi connectivity index (χ2n) is 8.24. The van der Waals surface area contributed by atoms with Crippen molar-refractivity contribution in [2.45, 2.75) is 65.5 Å². The summed E-state index contributed by atoms with van der Waals surface area (Å²) in [6.45, 7) is 7.16. The number of imidazole rings is 1. The third kappa shape index (κ3) is 5.07. The van der Waals surface area contributed by atoms with Gasteiger partial charge in [-0.15, -0.1) is 0 Å². The highest BCUT2D eigenvalue weighted by molar-refractivity contribution is 5.96. The van der Waals surface area contributed by atoms with Crippen LogP contribution in [0.15, 0.2) is 24.4 Å². The standard InChI is InChI=1S/C23H28F2N4O2/c1-5-10-23(4,26)11-9-19(30)20-15(3)28-21-22(27-14(2)12-29(20)21)31-13-16-17(24)7-6-8-18(16)25/h6-8,12H,5,9-11,13,26H2,1-4H3. The van der Waals surface area contributed by atoms with E-state index in [9.17, 15) is 13.6 Å². The first-order valence-corrected chi connectivity index (χ1v) is 10.4. The zero-order valence-corrected chi connectivity index (χ0v) is 18.3. The van der Waals surface area contributed by atoms with Crippen LogP contribution in [0.5, 0.6) is 5.88 Å². The van der Waals surface area contributed by atoms with E-state index < -0.39 is 17.2 Å². The number of hydrogen-bond donors (Lipinski definition) is 1. The predicted molar refractivity (Wildman–Crippen MR) is 114 cm³/mol. The number of fused-ring (bicyclic) bond motifs is 1. The van der Waals surface area contributed by atoms with Crippen molar-refractivity contribution in [1.29, 1.82) is 0 Å². The Morgan fingerprint density at radius 2 is 1.87 bits per heavy atom. The van der Waals surface area contributed by atoms with Crippen LogP contribution in [0.2, 0.25) is 0 Å². The molecule has 0 aliphatic carbocycles. The van der Waals surface area contributed by atoms with Crippen molar-refractivity contribution in [3.8, 4) is 5.88 Å². The molecule has 1 atom stereocenters. The Balaban J connectivity index is 1.90. The molecule has 0 aliphatic heterocycles. The maximum absolute atomic E-state index is 13.9. The molecule has 31 heavy (non-hydrogen) atoms. The van der Waals surface area contributed by atoms with Gasteiger partial charge in [0.2, 0.25) is 5.65 Å². The number of carbonyl (C=O) groups is 1. The molecule has 0 radical (unpaired) electrons. The number of aromatic nitrogens is 3. The smallest absolute Gasteiger partial charge is 0.258 e. The fourth-order valence-electron chi connectivity index (χ4n) is 3.71. The largest absolute Gasteiger partial charge is 0.470 e. The van der Waals surface area contributed by atoms with Crippen LogP contribution < -0.4 is 10.5 Å². The highest BCUT2D eigenvalue weighted by Crippen LogP contribution is 2.25. The zero-order chi connectivity index (χ0) is 22.8. The molecule has 0 saturated heterocycles. The van der Waals surface area contributed by atoms with Crippen LogP contribution in [-0.2, 0) is 6.61 Å². The highest BCUT2D eigenvalue weighted by atomic mass is 19.1. The highest BCUT2D eigenvalue weighted by Gasteiger charge is 2.24. The molecule has 6 nitrogen and oxygen atoms in total. The lowest BCUT2D eigenvalue weighted by Crippen LogP contribution is -2.36. The molecule has 3 rings (SSSR count). The molecular formula is C23H28F2N4O2. The number of carbonyl (C=O) groups excluding carboxylic acids is 1. The summed E-state index contributed by atoms with van der Waals surface area (Å²) in [4.78, 5) is 21.8. The molecule has 8 heteroatoms. The van der Waals surface area contributed by atoms with E-state index in [-0.39, 0.29) is 23.8 Å². The fraction of sp³-hybridized carbons (Fsp3) is 0.435. The van der Waals surface area contributed by atoms with Gasteiger partial charge in [-0.2, -0.15) is 0 Å². The number of halogens is 2. The summed E-state index contributed by atoms with van der Waals surface area (Å²) in [6, 6.07) is 3.63. The molecular weight excluding hydrogens is 402 g/mol. The number of Topliss-reactive ketones (excluding diaryl/α,β-unsaturated/α-hetero) is 1. The van der Waals surface area contributed by atoms with Gasteiger partial charge in [-0.3, -0.25) is 9.20 Å². The van der Waals surface area contributed by atoms with Crippen molar-refractivity contribution in [2.75, 3.05) is 0 Å². The average Bonchev–Trinajstić information content (AvgIpc) is 3.01. The first-order chi connectivity index (χ1) is 14.6. The van der Waals surface area contributed by atoms with Crippen molar-refractivity contribution >= 4 is 11.4 Å². The molecule has 2 heterocycles. The van der Waals surface area contributed by atoms with Gasteiger partial charge in [0.25, 0.3) is 5.88 Å². The molecule has 3 aromatic rings. The second-order valence-corrected chi connectivity index (χ2v) is 8.24. The Labute approximate surface area is 180 Å². The van der Waals surface area contributed by atoms with Gasteiger partial charge in [0.15, 0.2) is 5.78 Å². The van der Waals surface area contributed by atoms with Crippen molar-refractivity contribution < 1.29 is 18.3 Å². The number of hydrogen-bond acceptors (Lipinski definition) is 5. The number of ketones is 1. The average molecular weight is 430 g/mol. The molecule has 0 aliphatic rings. The van der Waals surface area contributed by atoms with Gasteiger partial charge in [0.1, 0.15) is 23.9 Å². The van der Waals surface area contributed by atoms with Crippen LogP contribution >= 0.6 is 0 Å². The Kier molecular flexibility index (Phi) is 6.69. The van der Waals surface area contributed by atoms with Crippen LogP contribution in [0.3, 0.4) is 0 Å². The van der Waals surface area contributed by atoms with Crippen LogP contribution in [0.1, 0.15) is 67.0 Å². The number of rotatable bonds is 9.